The Kier molecular flexibility index (Phi) is 5.88. The van der Waals surface area contributed by atoms with E-state index in [-0.39, 0.29) is 6.04 Å². The lowest BCUT2D eigenvalue weighted by Gasteiger charge is -2.34. The number of H-pyrrole nitrogens is 1. The van der Waals surface area contributed by atoms with Gasteiger partial charge in [-0.1, -0.05) is 49.6 Å². The van der Waals surface area contributed by atoms with Crippen molar-refractivity contribution in [2.24, 2.45) is 0 Å². The van der Waals surface area contributed by atoms with Crippen molar-refractivity contribution in [3.63, 3.8) is 0 Å². The van der Waals surface area contributed by atoms with Crippen LogP contribution in [0.15, 0.2) is 53.4 Å². The van der Waals surface area contributed by atoms with Crippen LogP contribution in [-0.4, -0.2) is 31.2 Å². The maximum absolute atomic E-state index is 11.8. The molecular weight excluding hydrogens is 400 g/mol. The predicted molar refractivity (Wildman–Crippen MR) is 122 cm³/mol. The fourth-order valence-corrected chi connectivity index (χ4v) is 5.76. The van der Waals surface area contributed by atoms with Crippen molar-refractivity contribution in [1.29, 1.82) is 0 Å². The van der Waals surface area contributed by atoms with E-state index in [1.165, 1.54) is 6.42 Å². The number of aliphatic carboxylic acids is 1. The zero-order chi connectivity index (χ0) is 21.3. The van der Waals surface area contributed by atoms with E-state index in [0.717, 1.165) is 53.4 Å². The molecule has 0 amide bonds. The molecule has 160 valence electrons. The Labute approximate surface area is 177 Å². The second-order valence-electron chi connectivity index (χ2n) is 8.08. The molecule has 0 radical (unpaired) electrons. The van der Waals surface area contributed by atoms with Crippen LogP contribution in [0.1, 0.15) is 50.5 Å². The van der Waals surface area contributed by atoms with Gasteiger partial charge < -0.3 is 14.6 Å². The van der Waals surface area contributed by atoms with Gasteiger partial charge in [-0.3, -0.25) is 4.79 Å². The highest BCUT2D eigenvalue weighted by Crippen LogP contribution is 2.47. The van der Waals surface area contributed by atoms with Gasteiger partial charge in [0.2, 0.25) is 0 Å². The second-order valence-corrected chi connectivity index (χ2v) is 9.95. The molecule has 3 aromatic rings. The molecule has 6 N–H and O–H groups in total. The molecule has 4 rings (SSSR count). The highest BCUT2D eigenvalue weighted by Gasteiger charge is 2.28. The van der Waals surface area contributed by atoms with Crippen molar-refractivity contribution in [1.82, 2.24) is 9.71 Å². The molecule has 1 saturated carbocycles. The molecule has 30 heavy (non-hydrogen) atoms. The molecular formula is C23H29N2O4S+. The van der Waals surface area contributed by atoms with Crippen molar-refractivity contribution < 1.29 is 19.0 Å². The second kappa shape index (κ2) is 8.43. The first-order valence-corrected chi connectivity index (χ1v) is 12.0. The summed E-state index contributed by atoms with van der Waals surface area (Å²) in [5, 5.41) is 10.5. The topological polar surface area (TPSA) is 108 Å². The molecule has 2 atom stereocenters. The lowest BCUT2D eigenvalue weighted by molar-refractivity contribution is -0.138. The van der Waals surface area contributed by atoms with Crippen LogP contribution in [-0.2, 0) is 4.79 Å². The quantitative estimate of drug-likeness (QED) is 0.407. The largest absolute Gasteiger partial charge is 0.481 e. The summed E-state index contributed by atoms with van der Waals surface area (Å²) in [6, 6.07) is 15.1. The van der Waals surface area contributed by atoms with E-state index in [9.17, 15) is 14.5 Å². The molecule has 1 aliphatic rings. The smallest absolute Gasteiger partial charge is 0.310 e. The summed E-state index contributed by atoms with van der Waals surface area (Å²) in [4.78, 5) is 15.7. The Morgan fingerprint density at radius 1 is 1.17 bits per heavy atom. The molecule has 2 unspecified atom stereocenters. The number of benzene rings is 2. The summed E-state index contributed by atoms with van der Waals surface area (Å²) in [5.41, 5.74) is 3.09. The lowest BCUT2D eigenvalue weighted by atomic mass is 9.95. The Morgan fingerprint density at radius 3 is 2.63 bits per heavy atom. The maximum Gasteiger partial charge on any atom is 0.310 e. The molecule has 1 aromatic heterocycles. The zero-order valence-electron chi connectivity index (χ0n) is 17.0. The first-order valence-electron chi connectivity index (χ1n) is 10.4. The fraction of sp³-hybridized carbons (Fsp3) is 0.348. The lowest BCUT2D eigenvalue weighted by Crippen LogP contribution is -2.33. The molecule has 6 nitrogen and oxygen atoms in total. The van der Waals surface area contributed by atoms with Crippen molar-refractivity contribution in [3.05, 3.63) is 54.1 Å². The summed E-state index contributed by atoms with van der Waals surface area (Å²) in [7, 11) is -2.90. The van der Waals surface area contributed by atoms with Crippen LogP contribution >= 0.6 is 10.8 Å². The number of aromatic nitrogens is 1. The molecule has 7 heteroatoms. The van der Waals surface area contributed by atoms with Crippen molar-refractivity contribution >= 4 is 27.6 Å². The number of hydrogen-bond acceptors (Lipinski definition) is 3. The summed E-state index contributed by atoms with van der Waals surface area (Å²) in [6.07, 6.45) is 5.42. The van der Waals surface area contributed by atoms with Gasteiger partial charge >= 0.3 is 5.97 Å². The van der Waals surface area contributed by atoms with Crippen molar-refractivity contribution in [2.75, 3.05) is 0 Å². The SMILES string of the molecule is CC(C(=O)O)c1c(-c2cccc(S(O)([OH2+])NC3CCCCC3)c2)[nH]c2ccccc12. The van der Waals surface area contributed by atoms with Crippen LogP contribution in [0.2, 0.25) is 0 Å². The number of aromatic amines is 1. The van der Waals surface area contributed by atoms with Crippen LogP contribution in [0.5, 0.6) is 0 Å². The first kappa shape index (κ1) is 20.9. The number of carboxylic acid groups (broad SMARTS) is 1. The molecule has 1 heterocycles. The van der Waals surface area contributed by atoms with E-state index in [2.05, 4.69) is 9.71 Å². The molecule has 1 fully saturated rings. The Balaban J connectivity index is 1.74. The maximum atomic E-state index is 11.8. The van der Waals surface area contributed by atoms with E-state index < -0.39 is 22.7 Å². The number of carboxylic acids is 1. The van der Waals surface area contributed by atoms with Gasteiger partial charge in [0, 0.05) is 22.5 Å². The third-order valence-electron chi connectivity index (χ3n) is 5.96. The van der Waals surface area contributed by atoms with Crippen LogP contribution in [0, 0.1) is 0 Å². The van der Waals surface area contributed by atoms with Gasteiger partial charge in [0.05, 0.1) is 11.6 Å². The van der Waals surface area contributed by atoms with E-state index in [1.807, 2.05) is 36.4 Å². The van der Waals surface area contributed by atoms with E-state index in [0.29, 0.717) is 4.90 Å². The Hall–Kier alpha value is -2.32. The van der Waals surface area contributed by atoms with E-state index in [1.54, 1.807) is 19.1 Å². The molecule has 1 aliphatic carbocycles. The molecule has 2 aromatic carbocycles. The van der Waals surface area contributed by atoms with E-state index >= 15 is 0 Å². The summed E-state index contributed by atoms with van der Waals surface area (Å²) in [5.74, 6) is -1.58. The van der Waals surface area contributed by atoms with Crippen LogP contribution in [0.25, 0.3) is 22.2 Å². The van der Waals surface area contributed by atoms with Crippen LogP contribution in [0.3, 0.4) is 0 Å². The average molecular weight is 430 g/mol. The molecule has 0 aliphatic heterocycles. The number of para-hydroxylation sites is 1. The van der Waals surface area contributed by atoms with Crippen LogP contribution < -0.4 is 4.72 Å². The van der Waals surface area contributed by atoms with Crippen LogP contribution in [0.4, 0.5) is 0 Å². The van der Waals surface area contributed by atoms with Gasteiger partial charge in [-0.15, -0.1) is 0 Å². The van der Waals surface area contributed by atoms with Gasteiger partial charge in [0.1, 0.15) is 4.90 Å². The van der Waals surface area contributed by atoms with Crippen molar-refractivity contribution in [2.45, 2.75) is 55.9 Å². The van der Waals surface area contributed by atoms with Gasteiger partial charge in [0.15, 0.2) is 0 Å². The number of fused-ring (bicyclic) bond motifs is 1. The zero-order valence-corrected chi connectivity index (χ0v) is 17.8. The minimum atomic E-state index is -2.90. The van der Waals surface area contributed by atoms with Gasteiger partial charge in [0.25, 0.3) is 0 Å². The number of carbonyl (C=O) groups is 1. The van der Waals surface area contributed by atoms with Gasteiger partial charge in [-0.05, 0) is 54.3 Å². The normalized spacial score (nSPS) is 19.3. The minimum Gasteiger partial charge on any atom is -0.481 e. The molecule has 0 spiro atoms. The molecule has 0 bridgehead atoms. The first-order chi connectivity index (χ1) is 14.4. The summed E-state index contributed by atoms with van der Waals surface area (Å²) >= 11 is 0. The highest BCUT2D eigenvalue weighted by molar-refractivity contribution is 8.22. The van der Waals surface area contributed by atoms with E-state index in [4.69, 9.17) is 4.55 Å². The standard InChI is InChI=1S/C23H28N2O4S/c1-15(23(26)27)21-19-12-5-6-13-20(19)24-22(21)16-8-7-11-18(14-16)30(28,29)25-17-9-3-2-4-10-17/h5-8,11-15,17,24-25,28-29H,2-4,9-10H2,1H3,(H,26,27)/p+1. The summed E-state index contributed by atoms with van der Waals surface area (Å²) in [6.45, 7) is 1.68. The highest BCUT2D eigenvalue weighted by atomic mass is 32.3. The Morgan fingerprint density at radius 2 is 1.90 bits per heavy atom. The average Bonchev–Trinajstić information content (AvgIpc) is 3.13. The summed E-state index contributed by atoms with van der Waals surface area (Å²) < 4.78 is 22.7. The third-order valence-corrected chi connectivity index (χ3v) is 7.57. The minimum absolute atomic E-state index is 0.163. The van der Waals surface area contributed by atoms with Gasteiger partial charge in [-0.25, -0.2) is 4.55 Å². The van der Waals surface area contributed by atoms with Gasteiger partial charge in [-0.2, -0.15) is 4.72 Å². The molecule has 0 saturated heterocycles. The number of rotatable bonds is 6. The number of hydrogen-bond donors (Lipinski definition) is 4. The monoisotopic (exact) mass is 429 g/mol. The fourth-order valence-electron chi connectivity index (χ4n) is 4.33. The predicted octanol–water partition coefficient (Wildman–Crippen LogP) is 5.14. The Bertz CT molecular complexity index is 1060. The third kappa shape index (κ3) is 4.11. The van der Waals surface area contributed by atoms with Crippen molar-refractivity contribution in [3.8, 4) is 11.3 Å². The number of nitrogens with one attached hydrogen (secondary N) is 2.